The van der Waals surface area contributed by atoms with E-state index >= 15 is 0 Å². The molecule has 0 spiro atoms. The van der Waals surface area contributed by atoms with E-state index in [1.165, 1.54) is 17.5 Å². The molecule has 2 aromatic rings. The minimum atomic E-state index is -3.46. The molecule has 1 saturated carbocycles. The Balaban J connectivity index is 1.66. The summed E-state index contributed by atoms with van der Waals surface area (Å²) in [5, 5.41) is 0. The van der Waals surface area contributed by atoms with Crippen LogP contribution in [0.25, 0.3) is 0 Å². The summed E-state index contributed by atoms with van der Waals surface area (Å²) in [5.41, 5.74) is 3.51. The van der Waals surface area contributed by atoms with E-state index in [1.807, 2.05) is 24.3 Å². The molecule has 2 aliphatic carbocycles. The third-order valence-corrected chi connectivity index (χ3v) is 6.86. The molecule has 1 heterocycles. The number of hydrogen-bond acceptors (Lipinski definition) is 3. The first kappa shape index (κ1) is 15.8. The van der Waals surface area contributed by atoms with Crippen LogP contribution in [0.3, 0.4) is 0 Å². The van der Waals surface area contributed by atoms with E-state index in [0.717, 1.165) is 37.7 Å². The highest BCUT2D eigenvalue weighted by molar-refractivity contribution is 7.89. The molecule has 0 amide bonds. The molecule has 5 heteroatoms. The van der Waals surface area contributed by atoms with Gasteiger partial charge in [0.25, 0.3) is 0 Å². The lowest BCUT2D eigenvalue weighted by Crippen LogP contribution is -2.32. The van der Waals surface area contributed by atoms with Crippen LogP contribution in [0.5, 0.6) is 0 Å². The summed E-state index contributed by atoms with van der Waals surface area (Å²) >= 11 is 0. The lowest BCUT2D eigenvalue weighted by Gasteiger charge is -2.23. The first-order valence-electron chi connectivity index (χ1n) is 8.67. The quantitative estimate of drug-likeness (QED) is 0.837. The van der Waals surface area contributed by atoms with Crippen LogP contribution in [-0.4, -0.2) is 23.7 Å². The van der Waals surface area contributed by atoms with E-state index < -0.39 is 10.0 Å². The molecular weight excluding hydrogens is 320 g/mol. The second-order valence-corrected chi connectivity index (χ2v) is 8.67. The predicted molar refractivity (Wildman–Crippen MR) is 93.1 cm³/mol. The molecule has 0 atom stereocenters. The summed E-state index contributed by atoms with van der Waals surface area (Å²) in [6.45, 7) is 0.423. The minimum absolute atomic E-state index is 0.138. The van der Waals surface area contributed by atoms with E-state index in [0.29, 0.717) is 11.4 Å². The van der Waals surface area contributed by atoms with Crippen molar-refractivity contribution >= 4 is 10.0 Å². The number of sulfonamides is 1. The Kier molecular flexibility index (Phi) is 4.14. The van der Waals surface area contributed by atoms with Crippen molar-refractivity contribution in [1.29, 1.82) is 0 Å². The van der Waals surface area contributed by atoms with Crippen molar-refractivity contribution in [3.63, 3.8) is 0 Å². The van der Waals surface area contributed by atoms with Gasteiger partial charge in [-0.25, -0.2) is 8.42 Å². The maximum Gasteiger partial charge on any atom is 0.243 e. The smallest absolute Gasteiger partial charge is 0.243 e. The van der Waals surface area contributed by atoms with Crippen molar-refractivity contribution in [2.45, 2.75) is 56.0 Å². The van der Waals surface area contributed by atoms with Crippen molar-refractivity contribution in [3.05, 3.63) is 59.4 Å². The number of nitrogens with zero attached hydrogens (tertiary/aromatic N) is 2. The van der Waals surface area contributed by atoms with Gasteiger partial charge in [0, 0.05) is 25.0 Å². The summed E-state index contributed by atoms with van der Waals surface area (Å²) in [7, 11) is -3.46. The Morgan fingerprint density at radius 2 is 1.71 bits per heavy atom. The van der Waals surface area contributed by atoms with E-state index in [9.17, 15) is 8.42 Å². The Labute approximate surface area is 143 Å². The molecule has 0 unspecified atom stereocenters. The standard InChI is InChI=1S/C19H22N2O2S/c22-24(23,19-8-5-16-3-1-2-4-17(16)13-19)21(18-6-7-18)14-15-9-11-20-12-10-15/h5,8-13,18H,1-4,6-7,14H2. The van der Waals surface area contributed by atoms with Gasteiger partial charge < -0.3 is 0 Å². The molecule has 2 aliphatic rings. The number of rotatable bonds is 5. The van der Waals surface area contributed by atoms with Crippen LogP contribution in [0.1, 0.15) is 42.4 Å². The number of benzene rings is 1. The van der Waals surface area contributed by atoms with Crippen LogP contribution in [0.15, 0.2) is 47.6 Å². The molecule has 1 aromatic carbocycles. The van der Waals surface area contributed by atoms with Gasteiger partial charge in [0.15, 0.2) is 0 Å². The fourth-order valence-electron chi connectivity index (χ4n) is 3.45. The molecule has 4 nitrogen and oxygen atoms in total. The van der Waals surface area contributed by atoms with Crippen LogP contribution < -0.4 is 0 Å². The van der Waals surface area contributed by atoms with Gasteiger partial charge in [-0.3, -0.25) is 4.98 Å². The second kappa shape index (κ2) is 6.30. The van der Waals surface area contributed by atoms with Crippen molar-refractivity contribution in [3.8, 4) is 0 Å². The summed E-state index contributed by atoms with van der Waals surface area (Å²) in [5.74, 6) is 0. The van der Waals surface area contributed by atoms with Crippen molar-refractivity contribution in [2.24, 2.45) is 0 Å². The maximum atomic E-state index is 13.2. The number of hydrogen-bond donors (Lipinski definition) is 0. The molecular formula is C19H22N2O2S. The van der Waals surface area contributed by atoms with Crippen molar-refractivity contribution in [2.75, 3.05) is 0 Å². The van der Waals surface area contributed by atoms with Crippen molar-refractivity contribution < 1.29 is 8.42 Å². The normalized spacial score (nSPS) is 17.7. The van der Waals surface area contributed by atoms with Gasteiger partial charge in [0.1, 0.15) is 0 Å². The molecule has 0 bridgehead atoms. The molecule has 0 saturated heterocycles. The summed E-state index contributed by atoms with van der Waals surface area (Å²) in [6.07, 6.45) is 9.75. The third-order valence-electron chi connectivity index (χ3n) is 4.97. The van der Waals surface area contributed by atoms with E-state index in [2.05, 4.69) is 4.98 Å². The third kappa shape index (κ3) is 3.10. The number of aryl methyl sites for hydroxylation is 2. The fourth-order valence-corrected chi connectivity index (χ4v) is 5.17. The average molecular weight is 342 g/mol. The monoisotopic (exact) mass is 342 g/mol. The molecule has 0 radical (unpaired) electrons. The van der Waals surface area contributed by atoms with Gasteiger partial charge in [-0.1, -0.05) is 6.07 Å². The van der Waals surface area contributed by atoms with E-state index in [4.69, 9.17) is 0 Å². The highest BCUT2D eigenvalue weighted by Gasteiger charge is 2.38. The van der Waals surface area contributed by atoms with Gasteiger partial charge in [0.05, 0.1) is 4.90 Å². The molecule has 126 valence electrons. The summed E-state index contributed by atoms with van der Waals surface area (Å²) < 4.78 is 28.1. The van der Waals surface area contributed by atoms with Gasteiger partial charge >= 0.3 is 0 Å². The van der Waals surface area contributed by atoms with E-state index in [-0.39, 0.29) is 6.04 Å². The van der Waals surface area contributed by atoms with Gasteiger partial charge in [-0.05, 0) is 79.5 Å². The second-order valence-electron chi connectivity index (χ2n) is 6.77. The Morgan fingerprint density at radius 3 is 2.42 bits per heavy atom. The van der Waals surface area contributed by atoms with E-state index in [1.54, 1.807) is 22.8 Å². The zero-order valence-corrected chi connectivity index (χ0v) is 14.5. The van der Waals surface area contributed by atoms with Crippen molar-refractivity contribution in [1.82, 2.24) is 9.29 Å². The highest BCUT2D eigenvalue weighted by atomic mass is 32.2. The Bertz CT molecular complexity index is 830. The number of fused-ring (bicyclic) bond motifs is 1. The van der Waals surface area contributed by atoms with Crippen LogP contribution in [0.2, 0.25) is 0 Å². The largest absolute Gasteiger partial charge is 0.265 e. The lowest BCUT2D eigenvalue weighted by atomic mass is 9.92. The molecule has 4 rings (SSSR count). The maximum absolute atomic E-state index is 13.2. The van der Waals surface area contributed by atoms with Crippen LogP contribution in [0.4, 0.5) is 0 Å². The molecule has 0 aliphatic heterocycles. The van der Waals surface area contributed by atoms with Gasteiger partial charge in [-0.2, -0.15) is 4.31 Å². The summed E-state index contributed by atoms with van der Waals surface area (Å²) in [6, 6.07) is 9.63. The molecule has 1 fully saturated rings. The Morgan fingerprint density at radius 1 is 1.00 bits per heavy atom. The Hall–Kier alpha value is -1.72. The molecule has 24 heavy (non-hydrogen) atoms. The first-order valence-corrected chi connectivity index (χ1v) is 10.1. The van der Waals surface area contributed by atoms with Crippen LogP contribution >= 0.6 is 0 Å². The zero-order valence-electron chi connectivity index (χ0n) is 13.7. The topological polar surface area (TPSA) is 50.3 Å². The SMILES string of the molecule is O=S(=O)(c1ccc2c(c1)CCCC2)N(Cc1ccncc1)C1CC1. The first-order chi connectivity index (χ1) is 11.6. The number of pyridine rings is 1. The highest BCUT2D eigenvalue weighted by Crippen LogP contribution is 2.34. The van der Waals surface area contributed by atoms with Crippen LogP contribution in [0, 0.1) is 0 Å². The summed E-state index contributed by atoms with van der Waals surface area (Å²) in [4.78, 5) is 4.46. The average Bonchev–Trinajstić information content (AvgIpc) is 3.45. The fraction of sp³-hybridized carbons (Fsp3) is 0.421. The van der Waals surface area contributed by atoms with Gasteiger partial charge in [-0.15, -0.1) is 0 Å². The van der Waals surface area contributed by atoms with Crippen LogP contribution in [-0.2, 0) is 29.4 Å². The minimum Gasteiger partial charge on any atom is -0.265 e. The zero-order chi connectivity index (χ0) is 16.6. The lowest BCUT2D eigenvalue weighted by molar-refractivity contribution is 0.398. The predicted octanol–water partition coefficient (Wildman–Crippen LogP) is 3.31. The molecule has 1 aromatic heterocycles. The van der Waals surface area contributed by atoms with Gasteiger partial charge in [0.2, 0.25) is 10.0 Å². The molecule has 0 N–H and O–H groups in total. The number of aromatic nitrogens is 1.